The van der Waals surface area contributed by atoms with Crippen molar-refractivity contribution < 1.29 is 4.79 Å². The Hall–Kier alpha value is -2.29. The summed E-state index contributed by atoms with van der Waals surface area (Å²) in [4.78, 5) is 14.9. The summed E-state index contributed by atoms with van der Waals surface area (Å²) in [6, 6.07) is 12.9. The molecule has 3 heteroatoms. The minimum absolute atomic E-state index is 0.0674. The largest absolute Gasteiger partial charge is 0.379 e. The normalized spacial score (nSPS) is 21.2. The van der Waals surface area contributed by atoms with E-state index in [1.807, 2.05) is 11.0 Å². The number of carbonyl (C=O) groups is 1. The van der Waals surface area contributed by atoms with E-state index in [1.54, 1.807) is 0 Å². The van der Waals surface area contributed by atoms with Crippen molar-refractivity contribution in [2.24, 2.45) is 0 Å². The molecule has 1 amide bonds. The second-order valence-corrected chi connectivity index (χ2v) is 8.30. The Morgan fingerprint density at radius 3 is 2.54 bits per heavy atom. The number of rotatable bonds is 1. The number of benzene rings is 2. The fourth-order valence-electron chi connectivity index (χ4n) is 4.32. The van der Waals surface area contributed by atoms with Crippen molar-refractivity contribution in [2.75, 3.05) is 13.1 Å². The molecule has 2 heterocycles. The molecule has 1 N–H and O–H groups in total. The third-order valence-electron chi connectivity index (χ3n) is 5.61. The third-order valence-corrected chi connectivity index (χ3v) is 5.61. The summed E-state index contributed by atoms with van der Waals surface area (Å²) in [6.07, 6.45) is 7.50. The fourth-order valence-corrected chi connectivity index (χ4v) is 4.32. The highest BCUT2D eigenvalue weighted by atomic mass is 16.2. The molecule has 3 nitrogen and oxygen atoms in total. The topological polar surface area (TPSA) is 32.3 Å². The van der Waals surface area contributed by atoms with Crippen molar-refractivity contribution in [3.63, 3.8) is 0 Å². The molecule has 0 spiro atoms. The Labute approximate surface area is 156 Å². The lowest BCUT2D eigenvalue weighted by atomic mass is 9.83. The number of hydrogen-bond donors (Lipinski definition) is 1. The van der Waals surface area contributed by atoms with E-state index in [1.165, 1.54) is 34.7 Å². The zero-order valence-corrected chi connectivity index (χ0v) is 15.8. The first kappa shape index (κ1) is 17.1. The van der Waals surface area contributed by atoms with Crippen molar-refractivity contribution in [1.29, 1.82) is 0 Å². The van der Waals surface area contributed by atoms with Crippen molar-refractivity contribution in [3.05, 3.63) is 53.6 Å². The lowest BCUT2D eigenvalue weighted by molar-refractivity contribution is -0.125. The maximum Gasteiger partial charge on any atom is 0.248 e. The molecule has 1 saturated heterocycles. The van der Waals surface area contributed by atoms with Crippen molar-refractivity contribution in [1.82, 2.24) is 10.2 Å². The Kier molecular flexibility index (Phi) is 4.47. The van der Waals surface area contributed by atoms with Gasteiger partial charge in [-0.25, -0.2) is 0 Å². The van der Waals surface area contributed by atoms with Gasteiger partial charge in [-0.1, -0.05) is 49.2 Å². The molecular weight excluding hydrogens is 320 g/mol. The first-order chi connectivity index (χ1) is 12.5. The van der Waals surface area contributed by atoms with Crippen LogP contribution in [-0.2, 0) is 11.2 Å². The quantitative estimate of drug-likeness (QED) is 0.769. The van der Waals surface area contributed by atoms with Gasteiger partial charge in [0.05, 0.1) is 0 Å². The molecule has 0 atom stereocenters. The summed E-state index contributed by atoms with van der Waals surface area (Å²) >= 11 is 0. The van der Waals surface area contributed by atoms with E-state index >= 15 is 0 Å². The average molecular weight is 348 g/mol. The van der Waals surface area contributed by atoms with Crippen LogP contribution >= 0.6 is 0 Å². The molecule has 2 aliphatic heterocycles. The van der Waals surface area contributed by atoms with Gasteiger partial charge in [-0.05, 0) is 49.4 Å². The van der Waals surface area contributed by atoms with Gasteiger partial charge in [-0.3, -0.25) is 4.79 Å². The van der Waals surface area contributed by atoms with E-state index in [9.17, 15) is 4.79 Å². The maximum atomic E-state index is 12.9. The molecule has 2 aromatic rings. The molecule has 1 fully saturated rings. The standard InChI is InChI=1S/C23H28N2O/c1-23(2)16-20-18-10-6-5-9-17(18)11-12-19(20)21(24-23)15-22(26)25-13-7-3-4-8-14-25/h5-6,9-12,15,24H,3-4,7-8,13-14,16H2,1-2H3/b21-15-. The van der Waals surface area contributed by atoms with Crippen LogP contribution in [0, 0.1) is 0 Å². The molecule has 136 valence electrons. The van der Waals surface area contributed by atoms with Crippen LogP contribution in [-0.4, -0.2) is 29.4 Å². The van der Waals surface area contributed by atoms with Gasteiger partial charge in [0.25, 0.3) is 0 Å². The highest BCUT2D eigenvalue weighted by molar-refractivity contribution is 5.98. The number of hydrogen-bond acceptors (Lipinski definition) is 2. The minimum atomic E-state index is -0.0674. The van der Waals surface area contributed by atoms with Crippen LogP contribution in [0.5, 0.6) is 0 Å². The number of nitrogens with one attached hydrogen (secondary N) is 1. The summed E-state index contributed by atoms with van der Waals surface area (Å²) in [6.45, 7) is 6.19. The predicted molar refractivity (Wildman–Crippen MR) is 108 cm³/mol. The fraction of sp³-hybridized carbons (Fsp3) is 0.435. The van der Waals surface area contributed by atoms with Crippen molar-refractivity contribution in [2.45, 2.75) is 51.5 Å². The molecule has 4 rings (SSSR count). The summed E-state index contributed by atoms with van der Waals surface area (Å²) in [5.74, 6) is 0.145. The number of carbonyl (C=O) groups excluding carboxylic acids is 1. The zero-order valence-electron chi connectivity index (χ0n) is 15.8. The predicted octanol–water partition coefficient (Wildman–Crippen LogP) is 4.51. The van der Waals surface area contributed by atoms with E-state index in [-0.39, 0.29) is 11.4 Å². The van der Waals surface area contributed by atoms with E-state index in [2.05, 4.69) is 55.6 Å². The molecule has 0 unspecified atom stereocenters. The Bertz CT molecular complexity index is 858. The Morgan fingerprint density at radius 1 is 1.04 bits per heavy atom. The molecule has 0 radical (unpaired) electrons. The van der Waals surface area contributed by atoms with E-state index < -0.39 is 0 Å². The van der Waals surface area contributed by atoms with Gasteiger partial charge < -0.3 is 10.2 Å². The summed E-state index contributed by atoms with van der Waals surface area (Å²) in [5, 5.41) is 6.18. The third kappa shape index (κ3) is 3.35. The molecule has 26 heavy (non-hydrogen) atoms. The number of likely N-dealkylation sites (tertiary alicyclic amines) is 1. The van der Waals surface area contributed by atoms with Gasteiger partial charge in [0.2, 0.25) is 5.91 Å². The van der Waals surface area contributed by atoms with Crippen LogP contribution in [0.3, 0.4) is 0 Å². The van der Waals surface area contributed by atoms with Gasteiger partial charge in [0.1, 0.15) is 0 Å². The van der Waals surface area contributed by atoms with Gasteiger partial charge in [0, 0.05) is 36.0 Å². The number of fused-ring (bicyclic) bond motifs is 3. The molecule has 2 aromatic carbocycles. The minimum Gasteiger partial charge on any atom is -0.379 e. The van der Waals surface area contributed by atoms with Gasteiger partial charge in [0.15, 0.2) is 0 Å². The average Bonchev–Trinajstić information content (AvgIpc) is 2.90. The lowest BCUT2D eigenvalue weighted by Crippen LogP contribution is -2.44. The van der Waals surface area contributed by atoms with Crippen LogP contribution in [0.25, 0.3) is 16.5 Å². The molecule has 0 saturated carbocycles. The van der Waals surface area contributed by atoms with Crippen molar-refractivity contribution >= 4 is 22.4 Å². The van der Waals surface area contributed by atoms with Crippen molar-refractivity contribution in [3.8, 4) is 0 Å². The van der Waals surface area contributed by atoms with E-state index in [0.29, 0.717) is 0 Å². The summed E-state index contributed by atoms with van der Waals surface area (Å²) in [5.41, 5.74) is 3.42. The van der Waals surface area contributed by atoms with Crippen LogP contribution in [0.15, 0.2) is 42.5 Å². The Balaban J connectivity index is 1.75. The van der Waals surface area contributed by atoms with Crippen LogP contribution in [0.1, 0.15) is 50.7 Å². The molecule has 0 aliphatic carbocycles. The van der Waals surface area contributed by atoms with Gasteiger partial charge in [-0.15, -0.1) is 0 Å². The van der Waals surface area contributed by atoms with Crippen LogP contribution in [0.2, 0.25) is 0 Å². The van der Waals surface area contributed by atoms with Gasteiger partial charge in [-0.2, -0.15) is 0 Å². The first-order valence-electron chi connectivity index (χ1n) is 9.83. The Morgan fingerprint density at radius 2 is 1.77 bits per heavy atom. The molecule has 0 bridgehead atoms. The van der Waals surface area contributed by atoms with Crippen LogP contribution < -0.4 is 5.32 Å². The highest BCUT2D eigenvalue weighted by Gasteiger charge is 2.29. The SMILES string of the molecule is CC1(C)Cc2c(ccc3ccccc23)/C(=C/C(=O)N2CCCCCC2)N1. The maximum absolute atomic E-state index is 12.9. The molecule has 2 aliphatic rings. The molecule has 0 aromatic heterocycles. The summed E-state index contributed by atoms with van der Waals surface area (Å²) in [7, 11) is 0. The summed E-state index contributed by atoms with van der Waals surface area (Å²) < 4.78 is 0. The highest BCUT2D eigenvalue weighted by Crippen LogP contribution is 2.34. The lowest BCUT2D eigenvalue weighted by Gasteiger charge is -2.36. The van der Waals surface area contributed by atoms with Crippen LogP contribution in [0.4, 0.5) is 0 Å². The number of amides is 1. The number of nitrogens with zero attached hydrogens (tertiary/aromatic N) is 1. The second-order valence-electron chi connectivity index (χ2n) is 8.30. The first-order valence-corrected chi connectivity index (χ1v) is 9.83. The second kappa shape index (κ2) is 6.79. The van der Waals surface area contributed by atoms with E-state index in [0.717, 1.165) is 38.0 Å². The zero-order chi connectivity index (χ0) is 18.1. The monoisotopic (exact) mass is 348 g/mol. The van der Waals surface area contributed by atoms with E-state index in [4.69, 9.17) is 0 Å². The van der Waals surface area contributed by atoms with Gasteiger partial charge >= 0.3 is 0 Å². The smallest absolute Gasteiger partial charge is 0.248 e. The molecular formula is C23H28N2O.